The van der Waals surface area contributed by atoms with E-state index in [1.807, 2.05) is 11.8 Å². The topological polar surface area (TPSA) is 69.6 Å². The van der Waals surface area contributed by atoms with E-state index in [1.54, 1.807) is 0 Å². The van der Waals surface area contributed by atoms with E-state index in [-0.39, 0.29) is 24.9 Å². The first-order valence-electron chi connectivity index (χ1n) is 6.44. The molecule has 1 saturated heterocycles. The average molecular weight is 311 g/mol. The van der Waals surface area contributed by atoms with Crippen LogP contribution in [-0.2, 0) is 9.59 Å². The second kappa shape index (κ2) is 10.3. The normalized spacial score (nSPS) is 20.2. The van der Waals surface area contributed by atoms with Crippen LogP contribution < -0.4 is 5.32 Å². The van der Waals surface area contributed by atoms with E-state index >= 15 is 0 Å². The number of hydrogen-bond acceptors (Lipinski definition) is 4. The summed E-state index contributed by atoms with van der Waals surface area (Å²) in [5, 5.41) is 11.5. The molecule has 112 valence electrons. The van der Waals surface area contributed by atoms with Crippen molar-refractivity contribution in [3.05, 3.63) is 0 Å². The van der Waals surface area contributed by atoms with Gasteiger partial charge in [0.15, 0.2) is 0 Å². The molecule has 1 aliphatic heterocycles. The Kier molecular flexibility index (Phi) is 10.1. The van der Waals surface area contributed by atoms with Crippen LogP contribution in [0.2, 0.25) is 0 Å². The van der Waals surface area contributed by atoms with Crippen molar-refractivity contribution in [3.8, 4) is 0 Å². The quantitative estimate of drug-likeness (QED) is 0.772. The van der Waals surface area contributed by atoms with Crippen molar-refractivity contribution in [2.24, 2.45) is 0 Å². The van der Waals surface area contributed by atoms with Crippen LogP contribution in [0.5, 0.6) is 0 Å². The Bertz CT molecular complexity index is 292. The van der Waals surface area contributed by atoms with Gasteiger partial charge in [0.1, 0.15) is 6.54 Å². The fraction of sp³-hybridized carbons (Fsp3) is 0.833. The molecule has 0 aromatic heterocycles. The number of carbonyl (C=O) groups is 2. The first-order chi connectivity index (χ1) is 8.61. The number of carbonyl (C=O) groups excluding carboxylic acids is 1. The SMILES string of the molecule is CCSC1CCCCN(CC(=O)NCC(=O)O)C1.Cl. The summed E-state index contributed by atoms with van der Waals surface area (Å²) in [6.07, 6.45) is 3.55. The van der Waals surface area contributed by atoms with Crippen LogP contribution in [0.25, 0.3) is 0 Å². The van der Waals surface area contributed by atoms with Gasteiger partial charge in [-0.15, -0.1) is 12.4 Å². The molecule has 0 saturated carbocycles. The van der Waals surface area contributed by atoms with E-state index in [4.69, 9.17) is 5.11 Å². The molecule has 5 nitrogen and oxygen atoms in total. The molecule has 0 aliphatic carbocycles. The number of carboxylic acid groups (broad SMARTS) is 1. The third kappa shape index (κ3) is 8.34. The fourth-order valence-electron chi connectivity index (χ4n) is 2.13. The van der Waals surface area contributed by atoms with Gasteiger partial charge in [0.05, 0.1) is 6.54 Å². The average Bonchev–Trinajstić information content (AvgIpc) is 2.52. The standard InChI is InChI=1S/C12H22N2O3S.ClH/c1-2-18-10-5-3-4-6-14(8-10)9-11(15)13-7-12(16)17;/h10H,2-9H2,1H3,(H,13,15)(H,16,17);1H. The van der Waals surface area contributed by atoms with Crippen LogP contribution in [-0.4, -0.2) is 59.1 Å². The first-order valence-corrected chi connectivity index (χ1v) is 7.49. The third-order valence-electron chi connectivity index (χ3n) is 2.92. The molecule has 1 atom stereocenters. The highest BCUT2D eigenvalue weighted by molar-refractivity contribution is 7.99. The van der Waals surface area contributed by atoms with E-state index in [1.165, 1.54) is 12.8 Å². The van der Waals surface area contributed by atoms with Gasteiger partial charge in [-0.3, -0.25) is 14.5 Å². The van der Waals surface area contributed by atoms with Gasteiger partial charge in [-0.25, -0.2) is 0 Å². The molecular weight excluding hydrogens is 288 g/mol. The van der Waals surface area contributed by atoms with Gasteiger partial charge < -0.3 is 10.4 Å². The maximum atomic E-state index is 11.6. The van der Waals surface area contributed by atoms with Crippen LogP contribution in [0, 0.1) is 0 Å². The second-order valence-corrected chi connectivity index (χ2v) is 6.06. The minimum Gasteiger partial charge on any atom is -0.480 e. The van der Waals surface area contributed by atoms with Crippen LogP contribution in [0.15, 0.2) is 0 Å². The van der Waals surface area contributed by atoms with E-state index < -0.39 is 5.97 Å². The summed E-state index contributed by atoms with van der Waals surface area (Å²) in [5.74, 6) is -0.0952. The highest BCUT2D eigenvalue weighted by Gasteiger charge is 2.19. The molecule has 2 N–H and O–H groups in total. The molecule has 0 radical (unpaired) electrons. The molecule has 19 heavy (non-hydrogen) atoms. The lowest BCUT2D eigenvalue weighted by Gasteiger charge is -2.23. The fourth-order valence-corrected chi connectivity index (χ4v) is 3.25. The van der Waals surface area contributed by atoms with Crippen LogP contribution in [0.3, 0.4) is 0 Å². The largest absolute Gasteiger partial charge is 0.480 e. The minimum atomic E-state index is -1.00. The Morgan fingerprint density at radius 3 is 2.79 bits per heavy atom. The van der Waals surface area contributed by atoms with Crippen LogP contribution >= 0.6 is 24.2 Å². The third-order valence-corrected chi connectivity index (χ3v) is 4.11. The van der Waals surface area contributed by atoms with E-state index in [0.29, 0.717) is 11.8 Å². The molecular formula is C12H23ClN2O3S. The predicted octanol–water partition coefficient (Wildman–Crippen LogP) is 1.22. The van der Waals surface area contributed by atoms with Gasteiger partial charge in [0, 0.05) is 11.8 Å². The maximum absolute atomic E-state index is 11.6. The van der Waals surface area contributed by atoms with E-state index in [0.717, 1.165) is 25.3 Å². The molecule has 0 bridgehead atoms. The number of nitrogens with zero attached hydrogens (tertiary/aromatic N) is 1. The van der Waals surface area contributed by atoms with Crippen molar-refractivity contribution in [3.63, 3.8) is 0 Å². The summed E-state index contributed by atoms with van der Waals surface area (Å²) < 4.78 is 0. The van der Waals surface area contributed by atoms with Gasteiger partial charge in [0.25, 0.3) is 0 Å². The lowest BCUT2D eigenvalue weighted by Crippen LogP contribution is -2.41. The summed E-state index contributed by atoms with van der Waals surface area (Å²) >= 11 is 1.95. The number of halogens is 1. The molecule has 1 heterocycles. The minimum absolute atomic E-state index is 0. The van der Waals surface area contributed by atoms with Gasteiger partial charge in [-0.2, -0.15) is 11.8 Å². The maximum Gasteiger partial charge on any atom is 0.322 e. The molecule has 7 heteroatoms. The Balaban J connectivity index is 0.00000324. The summed E-state index contributed by atoms with van der Waals surface area (Å²) in [5.41, 5.74) is 0. The van der Waals surface area contributed by atoms with E-state index in [9.17, 15) is 9.59 Å². The molecule has 0 spiro atoms. The van der Waals surface area contributed by atoms with Gasteiger partial charge in [-0.05, 0) is 25.1 Å². The van der Waals surface area contributed by atoms with Crippen molar-refractivity contribution in [2.45, 2.75) is 31.4 Å². The van der Waals surface area contributed by atoms with Crippen molar-refractivity contribution >= 4 is 36.0 Å². The summed E-state index contributed by atoms with van der Waals surface area (Å²) in [4.78, 5) is 24.1. The number of thioether (sulfide) groups is 1. The monoisotopic (exact) mass is 310 g/mol. The Morgan fingerprint density at radius 1 is 1.42 bits per heavy atom. The van der Waals surface area contributed by atoms with Crippen molar-refractivity contribution in [1.29, 1.82) is 0 Å². The molecule has 1 rings (SSSR count). The zero-order chi connectivity index (χ0) is 13.4. The molecule has 1 amide bonds. The first kappa shape index (κ1) is 18.5. The van der Waals surface area contributed by atoms with E-state index in [2.05, 4.69) is 17.1 Å². The van der Waals surface area contributed by atoms with Crippen molar-refractivity contribution < 1.29 is 14.7 Å². The summed E-state index contributed by atoms with van der Waals surface area (Å²) in [7, 11) is 0. The number of hydrogen-bond donors (Lipinski definition) is 2. The second-order valence-electron chi connectivity index (χ2n) is 4.48. The zero-order valence-corrected chi connectivity index (χ0v) is 12.9. The lowest BCUT2D eigenvalue weighted by atomic mass is 10.2. The molecule has 1 fully saturated rings. The molecule has 0 aromatic rings. The molecule has 1 aliphatic rings. The van der Waals surface area contributed by atoms with Crippen molar-refractivity contribution in [1.82, 2.24) is 10.2 Å². The molecule has 1 unspecified atom stereocenters. The number of rotatable bonds is 6. The highest BCUT2D eigenvalue weighted by atomic mass is 35.5. The molecule has 0 aromatic carbocycles. The van der Waals surface area contributed by atoms with Crippen molar-refractivity contribution in [2.75, 3.05) is 31.9 Å². The van der Waals surface area contributed by atoms with Gasteiger partial charge >= 0.3 is 5.97 Å². The highest BCUT2D eigenvalue weighted by Crippen LogP contribution is 2.21. The number of carboxylic acids is 1. The summed E-state index contributed by atoms with van der Waals surface area (Å²) in [6, 6.07) is 0. The Hall–Kier alpha value is -0.460. The number of aliphatic carboxylic acids is 1. The number of nitrogens with one attached hydrogen (secondary N) is 1. The lowest BCUT2D eigenvalue weighted by molar-refractivity contribution is -0.138. The smallest absolute Gasteiger partial charge is 0.322 e. The number of likely N-dealkylation sites (tertiary alicyclic amines) is 1. The number of amides is 1. The van der Waals surface area contributed by atoms with Crippen LogP contribution in [0.4, 0.5) is 0 Å². The Labute approximate surface area is 124 Å². The zero-order valence-electron chi connectivity index (χ0n) is 11.3. The Morgan fingerprint density at radius 2 is 2.16 bits per heavy atom. The summed E-state index contributed by atoms with van der Waals surface area (Å²) in [6.45, 7) is 4.04. The van der Waals surface area contributed by atoms with Crippen LogP contribution in [0.1, 0.15) is 26.2 Å². The van der Waals surface area contributed by atoms with Gasteiger partial charge in [0.2, 0.25) is 5.91 Å². The van der Waals surface area contributed by atoms with Gasteiger partial charge in [-0.1, -0.05) is 13.3 Å². The predicted molar refractivity (Wildman–Crippen MR) is 80.1 cm³/mol.